The van der Waals surface area contributed by atoms with Gasteiger partial charge in [-0.1, -0.05) is 25.5 Å². The van der Waals surface area contributed by atoms with Crippen LogP contribution < -0.4 is 14.6 Å². The maximum absolute atomic E-state index is 12.1. The third-order valence-electron chi connectivity index (χ3n) is 2.40. The molecule has 22 heavy (non-hydrogen) atoms. The molecule has 0 unspecified atom stereocenters. The van der Waals surface area contributed by atoms with Crippen LogP contribution >= 0.6 is 7.82 Å². The number of carbonyl (C=O) groups is 1. The van der Waals surface area contributed by atoms with Crippen LogP contribution in [0.4, 0.5) is 4.79 Å². The van der Waals surface area contributed by atoms with Crippen molar-refractivity contribution in [2.24, 2.45) is 0 Å². The Morgan fingerprint density at radius 1 is 1.32 bits per heavy atom. The summed E-state index contributed by atoms with van der Waals surface area (Å²) in [6.45, 7) is 2.21. The number of hydrogen-bond acceptors (Lipinski definition) is 5. The molecule has 0 aliphatic carbocycles. The van der Waals surface area contributed by atoms with Crippen molar-refractivity contribution in [3.05, 3.63) is 24.3 Å². The van der Waals surface area contributed by atoms with Crippen molar-refractivity contribution < 1.29 is 32.1 Å². The number of phosphoric ester groups is 1. The highest BCUT2D eigenvalue weighted by Gasteiger charge is 2.26. The molecule has 0 radical (unpaired) electrons. The Morgan fingerprint density at radius 3 is 2.55 bits per heavy atom. The van der Waals surface area contributed by atoms with E-state index in [9.17, 15) is 17.8 Å². The molecule has 0 spiro atoms. The molecule has 2 amide bonds. The molecule has 9 nitrogen and oxygen atoms in total. The van der Waals surface area contributed by atoms with Crippen LogP contribution in [0.1, 0.15) is 19.8 Å². The Bertz CT molecular complexity index is 671. The molecule has 1 aromatic rings. The smallest absolute Gasteiger partial charge is 0.403 e. The summed E-state index contributed by atoms with van der Waals surface area (Å²) >= 11 is 0. The maximum Gasteiger partial charge on any atom is 0.524 e. The zero-order valence-electron chi connectivity index (χ0n) is 11.7. The molecule has 124 valence electrons. The first-order chi connectivity index (χ1) is 10.2. The summed E-state index contributed by atoms with van der Waals surface area (Å²) in [4.78, 5) is 28.5. The lowest BCUT2D eigenvalue weighted by atomic mass is 10.3. The monoisotopic (exact) mass is 352 g/mol. The fourth-order valence-corrected chi connectivity index (χ4v) is 3.00. The Labute approximate surface area is 128 Å². The number of benzene rings is 1. The summed E-state index contributed by atoms with van der Waals surface area (Å²) in [6.07, 6.45) is 1.51. The van der Waals surface area contributed by atoms with Crippen LogP contribution in [0.5, 0.6) is 5.75 Å². The number of rotatable bonds is 7. The number of hydrogen-bond donors (Lipinski definition) is 4. The SMILES string of the molecule is CCCCNC(=O)NS(=O)(=O)c1ccccc1OP(=O)(O)O. The van der Waals surface area contributed by atoms with Gasteiger partial charge in [-0.2, -0.15) is 0 Å². The van der Waals surface area contributed by atoms with Gasteiger partial charge in [0.15, 0.2) is 5.75 Å². The summed E-state index contributed by atoms with van der Waals surface area (Å²) in [6, 6.07) is 3.87. The first-order valence-corrected chi connectivity index (χ1v) is 9.32. The minimum Gasteiger partial charge on any atom is -0.403 e. The fraction of sp³-hybridized carbons (Fsp3) is 0.364. The van der Waals surface area contributed by atoms with Crippen LogP contribution in [-0.4, -0.2) is 30.8 Å². The van der Waals surface area contributed by atoms with E-state index in [1.54, 1.807) is 4.72 Å². The third kappa shape index (κ3) is 6.02. The number of carbonyl (C=O) groups excluding carboxylic acids is 1. The van der Waals surface area contributed by atoms with E-state index in [4.69, 9.17) is 9.79 Å². The number of phosphoric acid groups is 1. The molecule has 4 N–H and O–H groups in total. The predicted octanol–water partition coefficient (Wildman–Crippen LogP) is 0.946. The average Bonchev–Trinajstić information content (AvgIpc) is 2.37. The second kappa shape index (κ2) is 7.59. The zero-order chi connectivity index (χ0) is 16.8. The minimum absolute atomic E-state index is 0.304. The second-order valence-corrected chi connectivity index (χ2v) is 7.06. The second-order valence-electron chi connectivity index (χ2n) is 4.24. The van der Waals surface area contributed by atoms with Crippen molar-refractivity contribution in [2.45, 2.75) is 24.7 Å². The van der Waals surface area contributed by atoms with Crippen molar-refractivity contribution in [2.75, 3.05) is 6.54 Å². The molecule has 0 aliphatic heterocycles. The highest BCUT2D eigenvalue weighted by Crippen LogP contribution is 2.40. The van der Waals surface area contributed by atoms with Crippen LogP contribution in [0.2, 0.25) is 0 Å². The van der Waals surface area contributed by atoms with Gasteiger partial charge in [0.2, 0.25) is 0 Å². The Hall–Kier alpha value is -1.61. The van der Waals surface area contributed by atoms with Crippen molar-refractivity contribution in [3.8, 4) is 5.75 Å². The van der Waals surface area contributed by atoms with Gasteiger partial charge in [0.1, 0.15) is 4.90 Å². The van der Waals surface area contributed by atoms with Gasteiger partial charge in [-0.25, -0.2) is 22.5 Å². The van der Waals surface area contributed by atoms with Gasteiger partial charge in [0, 0.05) is 6.54 Å². The molecular formula is C11H17N2O7PS. The summed E-state index contributed by atoms with van der Waals surface area (Å²) in [5.74, 6) is -0.551. The number of sulfonamides is 1. The molecule has 0 fully saturated rings. The number of unbranched alkanes of at least 4 members (excludes halogenated alkanes) is 1. The van der Waals surface area contributed by atoms with Gasteiger partial charge in [-0.3, -0.25) is 9.79 Å². The van der Waals surface area contributed by atoms with Gasteiger partial charge >= 0.3 is 13.9 Å². The Balaban J connectivity index is 2.94. The van der Waals surface area contributed by atoms with Gasteiger partial charge in [0.05, 0.1) is 0 Å². The number of para-hydroxylation sites is 1. The molecule has 0 saturated carbocycles. The van der Waals surface area contributed by atoms with Gasteiger partial charge < -0.3 is 9.84 Å². The quantitative estimate of drug-likeness (QED) is 0.422. The molecule has 0 heterocycles. The van der Waals surface area contributed by atoms with E-state index < -0.39 is 34.5 Å². The van der Waals surface area contributed by atoms with E-state index in [0.29, 0.717) is 13.0 Å². The third-order valence-corrected chi connectivity index (χ3v) is 4.20. The number of urea groups is 1. The van der Waals surface area contributed by atoms with E-state index in [0.717, 1.165) is 18.6 Å². The Morgan fingerprint density at radius 2 is 1.95 bits per heavy atom. The zero-order valence-corrected chi connectivity index (χ0v) is 13.4. The van der Waals surface area contributed by atoms with E-state index >= 15 is 0 Å². The van der Waals surface area contributed by atoms with E-state index in [1.807, 2.05) is 6.92 Å². The van der Waals surface area contributed by atoms with Crippen LogP contribution in [0.3, 0.4) is 0 Å². The van der Waals surface area contributed by atoms with E-state index in [1.165, 1.54) is 12.1 Å². The van der Waals surface area contributed by atoms with Gasteiger partial charge in [0.25, 0.3) is 10.0 Å². The summed E-state index contributed by atoms with van der Waals surface area (Å²) in [7, 11) is -9.26. The molecule has 0 saturated heterocycles. The number of amides is 2. The van der Waals surface area contributed by atoms with Crippen LogP contribution in [0, 0.1) is 0 Å². The molecule has 0 aromatic heterocycles. The lowest BCUT2D eigenvalue weighted by Crippen LogP contribution is -2.39. The minimum atomic E-state index is -4.93. The van der Waals surface area contributed by atoms with Crippen molar-refractivity contribution in [1.82, 2.24) is 10.0 Å². The summed E-state index contributed by atoms with van der Waals surface area (Å²) in [5, 5.41) is 2.35. The van der Waals surface area contributed by atoms with Gasteiger partial charge in [-0.15, -0.1) is 0 Å². The first-order valence-electron chi connectivity index (χ1n) is 6.30. The highest BCUT2D eigenvalue weighted by molar-refractivity contribution is 7.90. The van der Waals surface area contributed by atoms with Crippen LogP contribution in [0.25, 0.3) is 0 Å². The molecule has 1 rings (SSSR count). The summed E-state index contributed by atoms with van der Waals surface area (Å²) in [5.41, 5.74) is 0. The topological polar surface area (TPSA) is 142 Å². The molecule has 0 bridgehead atoms. The molecule has 11 heteroatoms. The molecule has 0 atom stereocenters. The lowest BCUT2D eigenvalue weighted by Gasteiger charge is -2.13. The van der Waals surface area contributed by atoms with E-state index in [2.05, 4.69) is 9.84 Å². The largest absolute Gasteiger partial charge is 0.524 e. The normalized spacial score (nSPS) is 11.8. The Kier molecular flexibility index (Phi) is 6.36. The van der Waals surface area contributed by atoms with E-state index in [-0.39, 0.29) is 0 Å². The van der Waals surface area contributed by atoms with Crippen molar-refractivity contribution in [3.63, 3.8) is 0 Å². The standard InChI is InChI=1S/C11H17N2O7PS/c1-2-3-8-12-11(14)13-22(18,19)10-7-5-4-6-9(10)20-21(15,16)17/h4-7H,2-3,8H2,1H3,(H2,12,13,14)(H2,15,16,17). The highest BCUT2D eigenvalue weighted by atomic mass is 32.2. The van der Waals surface area contributed by atoms with Crippen LogP contribution in [-0.2, 0) is 14.6 Å². The molecular weight excluding hydrogens is 335 g/mol. The molecule has 0 aliphatic rings. The molecule has 1 aromatic carbocycles. The number of nitrogens with one attached hydrogen (secondary N) is 2. The average molecular weight is 352 g/mol. The van der Waals surface area contributed by atoms with Crippen molar-refractivity contribution in [1.29, 1.82) is 0 Å². The lowest BCUT2D eigenvalue weighted by molar-refractivity contribution is 0.245. The first kappa shape index (κ1) is 18.4. The van der Waals surface area contributed by atoms with Gasteiger partial charge in [-0.05, 0) is 18.6 Å². The van der Waals surface area contributed by atoms with Crippen LogP contribution in [0.15, 0.2) is 29.2 Å². The predicted molar refractivity (Wildman–Crippen MR) is 77.7 cm³/mol. The maximum atomic E-state index is 12.1. The fourth-order valence-electron chi connectivity index (χ4n) is 1.47. The van der Waals surface area contributed by atoms with Crippen molar-refractivity contribution >= 4 is 23.9 Å². The summed E-state index contributed by atoms with van der Waals surface area (Å²) < 4.78 is 41.1.